The zero-order valence-electron chi connectivity index (χ0n) is 9.88. The van der Waals surface area contributed by atoms with Crippen LogP contribution < -0.4 is 5.32 Å². The van der Waals surface area contributed by atoms with Crippen molar-refractivity contribution < 1.29 is 8.78 Å². The van der Waals surface area contributed by atoms with E-state index >= 15 is 0 Å². The minimum Gasteiger partial charge on any atom is -0.314 e. The van der Waals surface area contributed by atoms with E-state index in [0.29, 0.717) is 11.3 Å². The maximum absolute atomic E-state index is 13.0. The molecule has 1 aliphatic carbocycles. The molecule has 0 bridgehead atoms. The average Bonchev–Trinajstić information content (AvgIpc) is 2.72. The van der Waals surface area contributed by atoms with Crippen molar-refractivity contribution in [2.45, 2.75) is 42.4 Å². The molecule has 17 heavy (non-hydrogen) atoms. The van der Waals surface area contributed by atoms with Crippen LogP contribution in [-0.4, -0.2) is 17.8 Å². The summed E-state index contributed by atoms with van der Waals surface area (Å²) in [7, 11) is 0. The van der Waals surface area contributed by atoms with Gasteiger partial charge in [0.15, 0.2) is 11.6 Å². The zero-order chi connectivity index (χ0) is 12.3. The summed E-state index contributed by atoms with van der Waals surface area (Å²) >= 11 is 1.66. The van der Waals surface area contributed by atoms with E-state index in [2.05, 4.69) is 12.2 Å². The maximum Gasteiger partial charge on any atom is 0.159 e. The van der Waals surface area contributed by atoms with E-state index in [1.807, 2.05) is 0 Å². The molecule has 0 radical (unpaired) electrons. The first kappa shape index (κ1) is 12.8. The summed E-state index contributed by atoms with van der Waals surface area (Å²) in [6, 6.07) is 4.74. The van der Waals surface area contributed by atoms with Gasteiger partial charge in [-0.1, -0.05) is 6.92 Å². The molecule has 0 aliphatic heterocycles. The molecule has 1 N–H and O–H groups in total. The van der Waals surface area contributed by atoms with Crippen molar-refractivity contribution in [3.05, 3.63) is 29.8 Å². The van der Waals surface area contributed by atoms with E-state index < -0.39 is 11.6 Å². The molecule has 1 saturated carbocycles. The molecule has 2 atom stereocenters. The highest BCUT2D eigenvalue weighted by atomic mass is 32.2. The second-order valence-corrected chi connectivity index (χ2v) is 5.76. The van der Waals surface area contributed by atoms with Crippen LogP contribution in [0.5, 0.6) is 0 Å². The lowest BCUT2D eigenvalue weighted by atomic mass is 10.2. The number of thioether (sulfide) groups is 1. The summed E-state index contributed by atoms with van der Waals surface area (Å²) in [5.41, 5.74) is 0. The third-order valence-corrected chi connectivity index (χ3v) is 4.36. The van der Waals surface area contributed by atoms with Crippen molar-refractivity contribution in [1.82, 2.24) is 5.32 Å². The van der Waals surface area contributed by atoms with Crippen LogP contribution in [0.2, 0.25) is 0 Å². The monoisotopic (exact) mass is 257 g/mol. The summed E-state index contributed by atoms with van der Waals surface area (Å²) < 4.78 is 25.8. The molecule has 0 aromatic heterocycles. The normalized spacial score (nSPS) is 24.2. The van der Waals surface area contributed by atoms with E-state index in [1.165, 1.54) is 18.6 Å². The van der Waals surface area contributed by atoms with Crippen LogP contribution in [-0.2, 0) is 0 Å². The van der Waals surface area contributed by atoms with Gasteiger partial charge in [0, 0.05) is 16.2 Å². The van der Waals surface area contributed by atoms with Crippen LogP contribution in [0.1, 0.15) is 26.2 Å². The van der Waals surface area contributed by atoms with E-state index in [0.717, 1.165) is 24.3 Å². The summed E-state index contributed by atoms with van der Waals surface area (Å²) in [5, 5.41) is 3.95. The van der Waals surface area contributed by atoms with Gasteiger partial charge in [0.05, 0.1) is 0 Å². The Morgan fingerprint density at radius 3 is 2.82 bits per heavy atom. The molecule has 0 heterocycles. The first-order chi connectivity index (χ1) is 8.19. The molecule has 2 unspecified atom stereocenters. The van der Waals surface area contributed by atoms with E-state index in [9.17, 15) is 8.78 Å². The lowest BCUT2D eigenvalue weighted by Crippen LogP contribution is -2.26. The lowest BCUT2D eigenvalue weighted by Gasteiger charge is -2.11. The van der Waals surface area contributed by atoms with E-state index in [-0.39, 0.29) is 0 Å². The minimum absolute atomic E-state index is 0.518. The van der Waals surface area contributed by atoms with Crippen LogP contribution >= 0.6 is 11.8 Å². The number of halogens is 2. The fourth-order valence-corrected chi connectivity index (χ4v) is 3.55. The predicted molar refractivity (Wildman–Crippen MR) is 67.3 cm³/mol. The highest BCUT2D eigenvalue weighted by Crippen LogP contribution is 2.35. The third kappa shape index (κ3) is 3.42. The minimum atomic E-state index is -0.772. The Labute approximate surface area is 105 Å². The molecular weight excluding hydrogens is 240 g/mol. The fraction of sp³-hybridized carbons (Fsp3) is 0.538. The van der Waals surface area contributed by atoms with Gasteiger partial charge in [-0.3, -0.25) is 0 Å². The maximum atomic E-state index is 13.0. The number of hydrogen-bond acceptors (Lipinski definition) is 2. The molecule has 1 aromatic carbocycles. The highest BCUT2D eigenvalue weighted by Gasteiger charge is 2.24. The molecule has 0 spiro atoms. The van der Waals surface area contributed by atoms with Gasteiger partial charge in [-0.2, -0.15) is 0 Å². The Balaban J connectivity index is 1.91. The smallest absolute Gasteiger partial charge is 0.159 e. The van der Waals surface area contributed by atoms with Gasteiger partial charge in [-0.25, -0.2) is 8.78 Å². The number of hydrogen-bond donors (Lipinski definition) is 1. The topological polar surface area (TPSA) is 12.0 Å². The second kappa shape index (κ2) is 5.83. The van der Waals surface area contributed by atoms with Gasteiger partial charge in [0.2, 0.25) is 0 Å². The first-order valence-corrected chi connectivity index (χ1v) is 6.92. The molecule has 4 heteroatoms. The Morgan fingerprint density at radius 2 is 2.12 bits per heavy atom. The lowest BCUT2D eigenvalue weighted by molar-refractivity contribution is 0.506. The van der Waals surface area contributed by atoms with Gasteiger partial charge in [0.25, 0.3) is 0 Å². The van der Waals surface area contributed by atoms with Crippen molar-refractivity contribution in [1.29, 1.82) is 0 Å². The van der Waals surface area contributed by atoms with Gasteiger partial charge in [-0.05, 0) is 44.0 Å². The van der Waals surface area contributed by atoms with Gasteiger partial charge >= 0.3 is 0 Å². The van der Waals surface area contributed by atoms with Crippen molar-refractivity contribution >= 4 is 11.8 Å². The Hall–Kier alpha value is -0.610. The summed E-state index contributed by atoms with van der Waals surface area (Å²) in [6.07, 6.45) is 3.42. The average molecular weight is 257 g/mol. The number of nitrogens with one attached hydrogen (secondary N) is 1. The highest BCUT2D eigenvalue weighted by molar-refractivity contribution is 8.00. The number of benzene rings is 1. The Kier molecular flexibility index (Phi) is 4.40. The summed E-state index contributed by atoms with van der Waals surface area (Å²) in [5.74, 6) is -1.53. The molecule has 1 fully saturated rings. The SMILES string of the molecule is CCNC1CCC(Sc2ccc(F)c(F)c2)C1. The van der Waals surface area contributed by atoms with Crippen LogP contribution in [0.4, 0.5) is 8.78 Å². The molecule has 1 aromatic rings. The molecule has 0 amide bonds. The second-order valence-electron chi connectivity index (χ2n) is 4.38. The molecular formula is C13H17F2NS. The summed E-state index contributed by atoms with van der Waals surface area (Å²) in [6.45, 7) is 3.10. The standard InChI is InChI=1S/C13H17F2NS/c1-2-16-9-3-4-10(7-9)17-11-5-6-12(14)13(15)8-11/h5-6,8-10,16H,2-4,7H2,1H3. The van der Waals surface area contributed by atoms with Crippen LogP contribution in [0.15, 0.2) is 23.1 Å². The van der Waals surface area contributed by atoms with E-state index in [4.69, 9.17) is 0 Å². The van der Waals surface area contributed by atoms with Crippen molar-refractivity contribution in [2.75, 3.05) is 6.54 Å². The fourth-order valence-electron chi connectivity index (χ4n) is 2.26. The first-order valence-electron chi connectivity index (χ1n) is 6.04. The van der Waals surface area contributed by atoms with Crippen molar-refractivity contribution in [3.8, 4) is 0 Å². The van der Waals surface area contributed by atoms with Gasteiger partial charge in [-0.15, -0.1) is 11.8 Å². The molecule has 94 valence electrons. The van der Waals surface area contributed by atoms with Gasteiger partial charge < -0.3 is 5.32 Å². The van der Waals surface area contributed by atoms with Crippen molar-refractivity contribution in [2.24, 2.45) is 0 Å². The van der Waals surface area contributed by atoms with E-state index in [1.54, 1.807) is 17.8 Å². The zero-order valence-corrected chi connectivity index (χ0v) is 10.7. The Morgan fingerprint density at radius 1 is 1.29 bits per heavy atom. The molecule has 1 aliphatic rings. The molecule has 1 nitrogen and oxygen atoms in total. The van der Waals surface area contributed by atoms with Crippen LogP contribution in [0, 0.1) is 11.6 Å². The third-order valence-electron chi connectivity index (χ3n) is 3.07. The molecule has 2 rings (SSSR count). The van der Waals surface area contributed by atoms with Crippen molar-refractivity contribution in [3.63, 3.8) is 0 Å². The van der Waals surface area contributed by atoms with Gasteiger partial charge in [0.1, 0.15) is 0 Å². The number of rotatable bonds is 4. The van der Waals surface area contributed by atoms with Crippen LogP contribution in [0.3, 0.4) is 0 Å². The Bertz CT molecular complexity index is 384. The molecule has 0 saturated heterocycles. The quantitative estimate of drug-likeness (QED) is 0.884. The summed E-state index contributed by atoms with van der Waals surface area (Å²) in [4.78, 5) is 0.825. The predicted octanol–water partition coefficient (Wildman–Crippen LogP) is 3.59. The largest absolute Gasteiger partial charge is 0.314 e. The van der Waals surface area contributed by atoms with Crippen LogP contribution in [0.25, 0.3) is 0 Å².